The summed E-state index contributed by atoms with van der Waals surface area (Å²) in [7, 11) is 0. The van der Waals surface area contributed by atoms with Crippen LogP contribution in [0.2, 0.25) is 0 Å². The monoisotopic (exact) mass is 316 g/mol. The largest absolute Gasteiger partial charge is 0.366 e. The number of hydrogen-bond donors (Lipinski definition) is 1. The fourth-order valence-electron chi connectivity index (χ4n) is 2.70. The third kappa shape index (κ3) is 4.02. The highest BCUT2D eigenvalue weighted by Gasteiger charge is 2.10. The van der Waals surface area contributed by atoms with Crippen molar-refractivity contribution in [2.75, 3.05) is 4.90 Å². The van der Waals surface area contributed by atoms with E-state index < -0.39 is 5.91 Å². The Balaban J connectivity index is 1.92. The van der Waals surface area contributed by atoms with Gasteiger partial charge in [-0.3, -0.25) is 4.79 Å². The van der Waals surface area contributed by atoms with E-state index in [-0.39, 0.29) is 0 Å². The SMILES string of the molecule is NC(=O)c1cccc(N(Cc2ccccc2)Cc2ccccc2)c1. The van der Waals surface area contributed by atoms with Gasteiger partial charge in [-0.15, -0.1) is 0 Å². The Morgan fingerprint density at radius 1 is 0.750 bits per heavy atom. The van der Waals surface area contributed by atoms with Gasteiger partial charge in [0.25, 0.3) is 0 Å². The first-order valence-electron chi connectivity index (χ1n) is 7.95. The van der Waals surface area contributed by atoms with E-state index in [1.807, 2.05) is 54.6 Å². The molecule has 0 bridgehead atoms. The van der Waals surface area contributed by atoms with Crippen LogP contribution in [0.25, 0.3) is 0 Å². The Morgan fingerprint density at radius 3 is 1.79 bits per heavy atom. The molecular weight excluding hydrogens is 296 g/mol. The highest BCUT2D eigenvalue weighted by Crippen LogP contribution is 2.21. The molecule has 2 N–H and O–H groups in total. The molecule has 0 heterocycles. The molecule has 0 saturated heterocycles. The fraction of sp³-hybridized carbons (Fsp3) is 0.0952. The minimum Gasteiger partial charge on any atom is -0.366 e. The molecule has 0 aromatic heterocycles. The first kappa shape index (κ1) is 15.8. The third-order valence-corrected chi connectivity index (χ3v) is 3.93. The van der Waals surface area contributed by atoms with Crippen LogP contribution in [-0.2, 0) is 13.1 Å². The number of rotatable bonds is 6. The Hall–Kier alpha value is -3.07. The predicted octanol–water partition coefficient (Wildman–Crippen LogP) is 3.99. The zero-order valence-electron chi connectivity index (χ0n) is 13.4. The lowest BCUT2D eigenvalue weighted by Gasteiger charge is -2.25. The van der Waals surface area contributed by atoms with E-state index in [9.17, 15) is 4.79 Å². The van der Waals surface area contributed by atoms with Gasteiger partial charge >= 0.3 is 0 Å². The van der Waals surface area contributed by atoms with Crippen molar-refractivity contribution in [1.82, 2.24) is 0 Å². The lowest BCUT2D eigenvalue weighted by Crippen LogP contribution is -2.22. The van der Waals surface area contributed by atoms with E-state index in [4.69, 9.17) is 5.73 Å². The zero-order chi connectivity index (χ0) is 16.8. The number of carbonyl (C=O) groups is 1. The molecule has 3 rings (SSSR count). The smallest absolute Gasteiger partial charge is 0.248 e. The molecule has 1 amide bonds. The zero-order valence-corrected chi connectivity index (χ0v) is 13.4. The summed E-state index contributed by atoms with van der Waals surface area (Å²) in [6.45, 7) is 1.52. The third-order valence-electron chi connectivity index (χ3n) is 3.93. The average molecular weight is 316 g/mol. The predicted molar refractivity (Wildman–Crippen MR) is 97.7 cm³/mol. The molecule has 0 unspecified atom stereocenters. The van der Waals surface area contributed by atoms with E-state index in [2.05, 4.69) is 29.2 Å². The van der Waals surface area contributed by atoms with Crippen LogP contribution in [0.3, 0.4) is 0 Å². The van der Waals surface area contributed by atoms with Gasteiger partial charge in [0.1, 0.15) is 0 Å². The van der Waals surface area contributed by atoms with Gasteiger partial charge in [0.05, 0.1) is 0 Å². The van der Waals surface area contributed by atoms with Crippen molar-refractivity contribution in [2.24, 2.45) is 5.73 Å². The summed E-state index contributed by atoms with van der Waals surface area (Å²) in [6.07, 6.45) is 0. The average Bonchev–Trinajstić information content (AvgIpc) is 2.63. The van der Waals surface area contributed by atoms with Crippen LogP contribution >= 0.6 is 0 Å². The minimum absolute atomic E-state index is 0.406. The van der Waals surface area contributed by atoms with E-state index >= 15 is 0 Å². The van der Waals surface area contributed by atoms with Crippen LogP contribution in [0.4, 0.5) is 5.69 Å². The van der Waals surface area contributed by atoms with E-state index in [0.717, 1.165) is 18.8 Å². The van der Waals surface area contributed by atoms with Crippen LogP contribution in [0, 0.1) is 0 Å². The number of nitrogens with zero attached hydrogens (tertiary/aromatic N) is 1. The summed E-state index contributed by atoms with van der Waals surface area (Å²) in [5, 5.41) is 0. The summed E-state index contributed by atoms with van der Waals surface area (Å²) < 4.78 is 0. The fourth-order valence-corrected chi connectivity index (χ4v) is 2.70. The minimum atomic E-state index is -0.406. The summed E-state index contributed by atoms with van der Waals surface area (Å²) in [6, 6.07) is 28.1. The van der Waals surface area contributed by atoms with Crippen LogP contribution in [0.5, 0.6) is 0 Å². The molecule has 24 heavy (non-hydrogen) atoms. The highest BCUT2D eigenvalue weighted by atomic mass is 16.1. The molecule has 0 aliphatic carbocycles. The molecule has 3 aromatic rings. The topological polar surface area (TPSA) is 46.3 Å². The van der Waals surface area contributed by atoms with Gasteiger partial charge in [-0.25, -0.2) is 0 Å². The molecule has 3 aromatic carbocycles. The van der Waals surface area contributed by atoms with Gasteiger partial charge in [-0.1, -0.05) is 66.7 Å². The first-order chi connectivity index (χ1) is 11.7. The molecular formula is C21H20N2O. The second kappa shape index (κ2) is 7.47. The van der Waals surface area contributed by atoms with Gasteiger partial charge < -0.3 is 10.6 Å². The molecule has 3 heteroatoms. The van der Waals surface area contributed by atoms with Crippen molar-refractivity contribution >= 4 is 11.6 Å². The first-order valence-corrected chi connectivity index (χ1v) is 7.95. The number of nitrogens with two attached hydrogens (primary N) is 1. The van der Waals surface area contributed by atoms with E-state index in [1.54, 1.807) is 6.07 Å². The molecule has 120 valence electrons. The highest BCUT2D eigenvalue weighted by molar-refractivity contribution is 5.93. The summed E-state index contributed by atoms with van der Waals surface area (Å²) >= 11 is 0. The van der Waals surface area contributed by atoms with Crippen molar-refractivity contribution in [3.63, 3.8) is 0 Å². The second-order valence-corrected chi connectivity index (χ2v) is 5.74. The van der Waals surface area contributed by atoms with Crippen molar-refractivity contribution in [3.05, 3.63) is 102 Å². The van der Waals surface area contributed by atoms with Gasteiger partial charge in [0.2, 0.25) is 5.91 Å². The number of primary amides is 1. The van der Waals surface area contributed by atoms with Gasteiger partial charge in [0.15, 0.2) is 0 Å². The molecule has 0 fully saturated rings. The van der Waals surface area contributed by atoms with Gasteiger partial charge in [-0.05, 0) is 29.3 Å². The van der Waals surface area contributed by atoms with Crippen LogP contribution in [0.15, 0.2) is 84.9 Å². The number of amides is 1. The van der Waals surface area contributed by atoms with Crippen molar-refractivity contribution < 1.29 is 4.79 Å². The molecule has 0 saturated carbocycles. The van der Waals surface area contributed by atoms with Crippen LogP contribution in [0.1, 0.15) is 21.5 Å². The Labute approximate surface area is 142 Å². The summed E-state index contributed by atoms with van der Waals surface area (Å²) in [5.41, 5.74) is 9.38. The van der Waals surface area contributed by atoms with Crippen LogP contribution < -0.4 is 10.6 Å². The number of anilines is 1. The Morgan fingerprint density at radius 2 is 1.29 bits per heavy atom. The van der Waals surface area contributed by atoms with Crippen molar-refractivity contribution in [3.8, 4) is 0 Å². The Kier molecular flexibility index (Phi) is 4.92. The van der Waals surface area contributed by atoms with Gasteiger partial charge in [0, 0.05) is 24.3 Å². The molecule has 3 nitrogen and oxygen atoms in total. The quantitative estimate of drug-likeness (QED) is 0.747. The number of carbonyl (C=O) groups excluding carboxylic acids is 1. The molecule has 0 aliphatic heterocycles. The van der Waals surface area contributed by atoms with Crippen molar-refractivity contribution in [1.29, 1.82) is 0 Å². The standard InChI is InChI=1S/C21H20N2O/c22-21(24)19-12-7-13-20(14-19)23(15-17-8-3-1-4-9-17)16-18-10-5-2-6-11-18/h1-14H,15-16H2,(H2,22,24). The summed E-state index contributed by atoms with van der Waals surface area (Å²) in [4.78, 5) is 13.7. The normalized spacial score (nSPS) is 10.3. The molecule has 0 spiro atoms. The van der Waals surface area contributed by atoms with E-state index in [0.29, 0.717) is 5.56 Å². The molecule has 0 atom stereocenters. The van der Waals surface area contributed by atoms with Crippen molar-refractivity contribution in [2.45, 2.75) is 13.1 Å². The summed E-state index contributed by atoms with van der Waals surface area (Å²) in [5.74, 6) is -0.406. The van der Waals surface area contributed by atoms with E-state index in [1.165, 1.54) is 11.1 Å². The maximum atomic E-state index is 11.5. The second-order valence-electron chi connectivity index (χ2n) is 5.74. The van der Waals surface area contributed by atoms with Gasteiger partial charge in [-0.2, -0.15) is 0 Å². The maximum Gasteiger partial charge on any atom is 0.248 e. The lowest BCUT2D eigenvalue weighted by molar-refractivity contribution is 0.100. The number of benzene rings is 3. The van der Waals surface area contributed by atoms with Crippen LogP contribution in [-0.4, -0.2) is 5.91 Å². The Bertz CT molecular complexity index is 759. The maximum absolute atomic E-state index is 11.5. The molecule has 0 radical (unpaired) electrons. The lowest BCUT2D eigenvalue weighted by atomic mass is 10.1. The number of hydrogen-bond acceptors (Lipinski definition) is 2. The molecule has 0 aliphatic rings.